The molecule has 0 bridgehead atoms. The van der Waals surface area contributed by atoms with Crippen molar-refractivity contribution in [1.82, 2.24) is 4.90 Å². The van der Waals surface area contributed by atoms with Crippen LogP contribution < -0.4 is 10.4 Å². The third kappa shape index (κ3) is 7.06. The van der Waals surface area contributed by atoms with Crippen molar-refractivity contribution >= 4 is 49.1 Å². The monoisotopic (exact) mass is 631 g/mol. The van der Waals surface area contributed by atoms with Crippen LogP contribution in [0.1, 0.15) is 48.0 Å². The number of hydrogen-bond acceptors (Lipinski definition) is 4. The summed E-state index contributed by atoms with van der Waals surface area (Å²) in [5, 5.41) is 2.18. The van der Waals surface area contributed by atoms with Crippen LogP contribution in [0, 0.1) is 5.92 Å². The molecule has 202 valence electrons. The summed E-state index contributed by atoms with van der Waals surface area (Å²) in [4.78, 5) is 35.3. The Labute approximate surface area is 228 Å². The Kier molecular flexibility index (Phi) is 9.07. The molecular formula is C30H45NO4SiSn. The van der Waals surface area contributed by atoms with Crippen molar-refractivity contribution < 1.29 is 18.8 Å². The minimum absolute atomic E-state index is 0.100. The molecule has 1 heterocycles. The zero-order valence-corrected chi connectivity index (χ0v) is 28.0. The van der Waals surface area contributed by atoms with E-state index in [2.05, 4.69) is 84.1 Å². The molecule has 2 atom stereocenters. The standard InChI is InChI=1S/C27H36NO4Si.3CH3.Sn/c1-20-18-21(28(24(20)29)25(30)32-26(2,3)4)19-31-33(27(5,6)7,22-14-10-8-11-15-22)23-16-12-9-13-17-23;;;;/h8-17,20-21H,1,18-19H2,2-7H3;3*1H3;/t20-,21-;;;;/m1..../s1. The van der Waals surface area contributed by atoms with E-state index in [0.717, 1.165) is 4.44 Å². The first-order chi connectivity index (χ1) is 17.1. The van der Waals surface area contributed by atoms with Gasteiger partial charge in [0.05, 0.1) is 0 Å². The fourth-order valence-electron chi connectivity index (χ4n) is 5.50. The van der Waals surface area contributed by atoms with Crippen LogP contribution in [-0.4, -0.2) is 61.8 Å². The third-order valence-electron chi connectivity index (χ3n) is 6.87. The second-order valence-electron chi connectivity index (χ2n) is 13.5. The molecule has 1 fully saturated rings. The van der Waals surface area contributed by atoms with Crippen molar-refractivity contribution in [2.45, 2.75) is 83.9 Å². The zero-order valence-electron chi connectivity index (χ0n) is 24.1. The minimum atomic E-state index is -2.80. The molecule has 1 aliphatic heterocycles. The molecule has 5 nitrogen and oxygen atoms in total. The maximum atomic E-state index is 13.6. The predicted octanol–water partition coefficient (Wildman–Crippen LogP) is 6.05. The van der Waals surface area contributed by atoms with Crippen LogP contribution in [-0.2, 0) is 14.0 Å². The van der Waals surface area contributed by atoms with Gasteiger partial charge in [-0.1, -0.05) is 0 Å². The molecule has 0 saturated carbocycles. The fraction of sp³-hybridized carbons (Fsp3) is 0.533. The van der Waals surface area contributed by atoms with E-state index in [1.54, 1.807) is 0 Å². The molecule has 0 aliphatic carbocycles. The van der Waals surface area contributed by atoms with Gasteiger partial charge in [0.15, 0.2) is 0 Å². The Bertz CT molecular complexity index is 1030. The van der Waals surface area contributed by atoms with E-state index in [1.165, 1.54) is 15.3 Å². The fourth-order valence-corrected chi connectivity index (χ4v) is 15.3. The number of nitrogens with zero attached hydrogens (tertiary/aromatic N) is 1. The average Bonchev–Trinajstić information content (AvgIpc) is 3.07. The Morgan fingerprint density at radius 1 is 0.919 bits per heavy atom. The summed E-state index contributed by atoms with van der Waals surface area (Å²) in [6.45, 7) is 12.5. The number of likely N-dealkylation sites (tertiary alicyclic amines) is 1. The zero-order chi connectivity index (χ0) is 27.6. The summed E-state index contributed by atoms with van der Waals surface area (Å²) in [6.07, 6.45) is 0.0740. The van der Waals surface area contributed by atoms with Crippen molar-refractivity contribution in [1.29, 1.82) is 0 Å². The topological polar surface area (TPSA) is 55.8 Å². The molecule has 1 aliphatic rings. The number of hydrogen-bond donors (Lipinski definition) is 0. The Morgan fingerprint density at radius 2 is 1.41 bits per heavy atom. The first-order valence-corrected chi connectivity index (χ1v) is 25.9. The summed E-state index contributed by atoms with van der Waals surface area (Å²) in [7, 11) is -2.80. The molecule has 2 aromatic rings. The van der Waals surface area contributed by atoms with Gasteiger partial charge in [0.2, 0.25) is 0 Å². The average molecular weight is 630 g/mol. The van der Waals surface area contributed by atoms with E-state index in [0.29, 0.717) is 13.0 Å². The second-order valence-corrected chi connectivity index (χ2v) is 33.6. The summed E-state index contributed by atoms with van der Waals surface area (Å²) in [5.74, 6) is -0.243. The number of benzene rings is 2. The normalized spacial score (nSPS) is 19.3. The predicted molar refractivity (Wildman–Crippen MR) is 157 cm³/mol. The van der Waals surface area contributed by atoms with Gasteiger partial charge in [-0.05, 0) is 0 Å². The van der Waals surface area contributed by atoms with Gasteiger partial charge in [-0.3, -0.25) is 0 Å². The Balaban J connectivity index is 2.03. The Hall–Kier alpha value is -1.64. The van der Waals surface area contributed by atoms with Crippen molar-refractivity contribution in [2.75, 3.05) is 6.61 Å². The number of rotatable bonds is 7. The quantitative estimate of drug-likeness (QED) is 0.350. The molecule has 37 heavy (non-hydrogen) atoms. The van der Waals surface area contributed by atoms with Gasteiger partial charge in [0, 0.05) is 0 Å². The van der Waals surface area contributed by atoms with Crippen LogP contribution in [0.25, 0.3) is 0 Å². The first kappa shape index (κ1) is 29.9. The molecule has 0 unspecified atom stereocenters. The molecule has 0 N–H and O–H groups in total. The van der Waals surface area contributed by atoms with Gasteiger partial charge in [0.25, 0.3) is 0 Å². The van der Waals surface area contributed by atoms with Crippen molar-refractivity contribution in [3.05, 3.63) is 60.7 Å². The van der Waals surface area contributed by atoms with E-state index >= 15 is 0 Å². The van der Waals surface area contributed by atoms with Crippen LogP contribution >= 0.6 is 0 Å². The third-order valence-corrected chi connectivity index (χ3v) is 16.8. The van der Waals surface area contributed by atoms with Crippen LogP contribution in [0.4, 0.5) is 4.79 Å². The number of amides is 2. The molecule has 3 rings (SSSR count). The molecule has 0 radical (unpaired) electrons. The van der Waals surface area contributed by atoms with Gasteiger partial charge in [-0.2, -0.15) is 0 Å². The number of imide groups is 1. The van der Waals surface area contributed by atoms with Crippen molar-refractivity contribution in [3.63, 3.8) is 0 Å². The van der Waals surface area contributed by atoms with Crippen LogP contribution in [0.3, 0.4) is 0 Å². The van der Waals surface area contributed by atoms with Crippen LogP contribution in [0.15, 0.2) is 60.7 Å². The number of carbonyl (C=O) groups is 2. The molecule has 0 spiro atoms. The molecule has 7 heteroatoms. The summed E-state index contributed by atoms with van der Waals surface area (Å²) in [5.41, 5.74) is -0.678. The second kappa shape index (κ2) is 11.2. The van der Waals surface area contributed by atoms with Gasteiger partial charge < -0.3 is 0 Å². The van der Waals surface area contributed by atoms with Gasteiger partial charge >= 0.3 is 230 Å². The molecule has 2 amide bonds. The van der Waals surface area contributed by atoms with E-state index in [4.69, 9.17) is 9.16 Å². The first-order valence-electron chi connectivity index (χ1n) is 13.4. The molecule has 2 aromatic carbocycles. The van der Waals surface area contributed by atoms with E-state index in [-0.39, 0.29) is 22.9 Å². The van der Waals surface area contributed by atoms with Crippen molar-refractivity contribution in [2.24, 2.45) is 5.92 Å². The van der Waals surface area contributed by atoms with Gasteiger partial charge in [-0.25, -0.2) is 0 Å². The molecule has 0 aromatic heterocycles. The van der Waals surface area contributed by atoms with Gasteiger partial charge in [0.1, 0.15) is 0 Å². The number of ether oxygens (including phenoxy) is 1. The molecule has 1 saturated heterocycles. The van der Waals surface area contributed by atoms with Crippen molar-refractivity contribution in [3.8, 4) is 0 Å². The molecular weight excluding hydrogens is 585 g/mol. The Morgan fingerprint density at radius 3 is 1.81 bits per heavy atom. The van der Waals surface area contributed by atoms with E-state index in [1.807, 2.05) is 32.9 Å². The van der Waals surface area contributed by atoms with Crippen LogP contribution in [0.5, 0.6) is 0 Å². The van der Waals surface area contributed by atoms with E-state index in [9.17, 15) is 9.59 Å². The van der Waals surface area contributed by atoms with Gasteiger partial charge in [-0.15, -0.1) is 0 Å². The summed E-state index contributed by atoms with van der Waals surface area (Å²) < 4.78 is 13.8. The number of carbonyl (C=O) groups excluding carboxylic acids is 2. The maximum absolute atomic E-state index is 13.6. The van der Waals surface area contributed by atoms with Crippen LogP contribution in [0.2, 0.25) is 24.3 Å². The van der Waals surface area contributed by atoms with E-state index < -0.39 is 38.4 Å². The summed E-state index contributed by atoms with van der Waals surface area (Å²) in [6, 6.07) is 20.6. The summed E-state index contributed by atoms with van der Waals surface area (Å²) >= 11 is -2.30. The SMILES string of the molecule is CC(C)(C)OC(=O)N1C(=O)[C@H]([CH2][Sn]([CH3])([CH3])[CH3])C[C@@H]1CO[Si](c1ccccc1)(c1ccccc1)C(C)(C)C.